The lowest BCUT2D eigenvalue weighted by Gasteiger charge is -2.31. The van der Waals surface area contributed by atoms with Gasteiger partial charge in [-0.3, -0.25) is 9.89 Å². The molecule has 2 aromatic rings. The van der Waals surface area contributed by atoms with Crippen molar-refractivity contribution in [2.24, 2.45) is 0 Å². The second-order valence-electron chi connectivity index (χ2n) is 5.46. The molecule has 0 aromatic carbocycles. The van der Waals surface area contributed by atoms with Crippen molar-refractivity contribution in [3.63, 3.8) is 0 Å². The number of carbonyl (C=O) groups excluding carboxylic acids is 1. The number of hydrogen-bond acceptors (Lipinski definition) is 4. The van der Waals surface area contributed by atoms with Crippen molar-refractivity contribution in [2.45, 2.75) is 38.6 Å². The molecule has 1 aliphatic rings. The second-order valence-corrected chi connectivity index (χ2v) is 5.46. The van der Waals surface area contributed by atoms with Crippen molar-refractivity contribution < 1.29 is 4.79 Å². The van der Waals surface area contributed by atoms with Crippen LogP contribution in [0.25, 0.3) is 0 Å². The number of carbonyl (C=O) groups is 1. The molecule has 2 aromatic heterocycles. The number of rotatable bonds is 4. The summed E-state index contributed by atoms with van der Waals surface area (Å²) in [5.74, 6) is 0.0239. The van der Waals surface area contributed by atoms with E-state index >= 15 is 0 Å². The molecule has 1 aliphatic heterocycles. The summed E-state index contributed by atoms with van der Waals surface area (Å²) in [6, 6.07) is 2.26. The van der Waals surface area contributed by atoms with Crippen LogP contribution < -0.4 is 0 Å². The normalized spacial score (nSPS) is 16.3. The summed E-state index contributed by atoms with van der Waals surface area (Å²) in [5.41, 5.74) is 1.56. The Morgan fingerprint density at radius 1 is 1.33 bits per heavy atom. The van der Waals surface area contributed by atoms with E-state index in [9.17, 15) is 4.79 Å². The first kappa shape index (κ1) is 13.8. The number of H-pyrrole nitrogens is 1. The Morgan fingerprint density at radius 2 is 2.05 bits per heavy atom. The van der Waals surface area contributed by atoms with Gasteiger partial charge in [0.1, 0.15) is 18.3 Å². The Bertz CT molecular complexity index is 582. The molecule has 0 spiro atoms. The minimum Gasteiger partial charge on any atom is -0.337 e. The van der Waals surface area contributed by atoms with Gasteiger partial charge in [0.25, 0.3) is 5.91 Å². The van der Waals surface area contributed by atoms with Crippen molar-refractivity contribution in [1.29, 1.82) is 0 Å². The van der Waals surface area contributed by atoms with Crippen molar-refractivity contribution in [3.05, 3.63) is 30.1 Å². The maximum Gasteiger partial charge on any atom is 0.274 e. The SMILES string of the molecule is CCCc1cc(C(=O)N2CCC(n3cnnc3)CC2)n[nH]1. The third-order valence-electron chi connectivity index (χ3n) is 3.98. The maximum absolute atomic E-state index is 12.4. The monoisotopic (exact) mass is 288 g/mol. The first-order valence-electron chi connectivity index (χ1n) is 7.45. The Balaban J connectivity index is 1.59. The molecule has 0 saturated carbocycles. The molecule has 3 heterocycles. The van der Waals surface area contributed by atoms with Gasteiger partial charge in [-0.05, 0) is 25.3 Å². The van der Waals surface area contributed by atoms with Gasteiger partial charge < -0.3 is 9.47 Å². The van der Waals surface area contributed by atoms with Gasteiger partial charge >= 0.3 is 0 Å². The number of nitrogens with zero attached hydrogens (tertiary/aromatic N) is 5. The summed E-state index contributed by atoms with van der Waals surface area (Å²) in [5, 5.41) is 14.8. The molecule has 0 aliphatic carbocycles. The molecule has 7 heteroatoms. The first-order valence-corrected chi connectivity index (χ1v) is 7.45. The fourth-order valence-corrected chi connectivity index (χ4v) is 2.79. The smallest absolute Gasteiger partial charge is 0.274 e. The molecule has 0 unspecified atom stereocenters. The van der Waals surface area contributed by atoms with E-state index in [1.54, 1.807) is 12.7 Å². The van der Waals surface area contributed by atoms with Crippen LogP contribution in [0.4, 0.5) is 0 Å². The number of hydrogen-bond donors (Lipinski definition) is 1. The molecule has 0 atom stereocenters. The first-order chi connectivity index (χ1) is 10.3. The average molecular weight is 288 g/mol. The van der Waals surface area contributed by atoms with E-state index in [1.807, 2.05) is 15.5 Å². The molecule has 1 fully saturated rings. The molecule has 3 rings (SSSR count). The Labute approximate surface area is 123 Å². The standard InChI is InChI=1S/C14H20N6O/c1-2-3-11-8-13(18-17-11)14(21)19-6-4-12(5-7-19)20-9-15-16-10-20/h8-10,12H,2-7H2,1H3,(H,17,18). The van der Waals surface area contributed by atoms with Crippen LogP contribution in [0.5, 0.6) is 0 Å². The van der Waals surface area contributed by atoms with Crippen LogP contribution in [-0.2, 0) is 6.42 Å². The number of likely N-dealkylation sites (tertiary alicyclic amines) is 1. The highest BCUT2D eigenvalue weighted by atomic mass is 16.2. The molecule has 1 saturated heterocycles. The lowest BCUT2D eigenvalue weighted by atomic mass is 10.0. The fourth-order valence-electron chi connectivity index (χ4n) is 2.79. The summed E-state index contributed by atoms with van der Waals surface area (Å²) < 4.78 is 2.02. The average Bonchev–Trinajstić information content (AvgIpc) is 3.19. The molecule has 1 N–H and O–H groups in total. The van der Waals surface area contributed by atoms with Gasteiger partial charge in [-0.1, -0.05) is 13.3 Å². The van der Waals surface area contributed by atoms with E-state index < -0.39 is 0 Å². The van der Waals surface area contributed by atoms with Gasteiger partial charge in [-0.25, -0.2) is 0 Å². The molecule has 7 nitrogen and oxygen atoms in total. The molecule has 112 valence electrons. The third-order valence-corrected chi connectivity index (χ3v) is 3.98. The molecule has 0 radical (unpaired) electrons. The number of aromatic amines is 1. The largest absolute Gasteiger partial charge is 0.337 e. The predicted octanol–water partition coefficient (Wildman–Crippen LogP) is 1.43. The van der Waals surface area contributed by atoms with Crippen molar-refractivity contribution in [3.8, 4) is 0 Å². The molecular formula is C14H20N6O. The predicted molar refractivity (Wildman–Crippen MR) is 76.8 cm³/mol. The lowest BCUT2D eigenvalue weighted by molar-refractivity contribution is 0.0688. The summed E-state index contributed by atoms with van der Waals surface area (Å²) in [6.07, 6.45) is 7.31. The molecule has 1 amide bonds. The lowest BCUT2D eigenvalue weighted by Crippen LogP contribution is -2.39. The number of nitrogens with one attached hydrogen (secondary N) is 1. The zero-order chi connectivity index (χ0) is 14.7. The summed E-state index contributed by atoms with van der Waals surface area (Å²) in [6.45, 7) is 3.60. The van der Waals surface area contributed by atoms with E-state index in [0.717, 1.165) is 44.5 Å². The van der Waals surface area contributed by atoms with Crippen molar-refractivity contribution in [2.75, 3.05) is 13.1 Å². The zero-order valence-electron chi connectivity index (χ0n) is 12.2. The van der Waals surface area contributed by atoms with Crippen LogP contribution in [-0.4, -0.2) is 48.9 Å². The highest BCUT2D eigenvalue weighted by Gasteiger charge is 2.25. The molecule has 21 heavy (non-hydrogen) atoms. The molecular weight excluding hydrogens is 268 g/mol. The third kappa shape index (κ3) is 2.96. The maximum atomic E-state index is 12.4. The highest BCUT2D eigenvalue weighted by Crippen LogP contribution is 2.22. The van der Waals surface area contributed by atoms with Gasteiger partial charge in [0.2, 0.25) is 0 Å². The van der Waals surface area contributed by atoms with E-state index in [0.29, 0.717) is 11.7 Å². The van der Waals surface area contributed by atoms with Crippen LogP contribution in [0.15, 0.2) is 18.7 Å². The van der Waals surface area contributed by atoms with E-state index in [2.05, 4.69) is 27.3 Å². The van der Waals surface area contributed by atoms with Gasteiger partial charge in [0, 0.05) is 24.8 Å². The summed E-state index contributed by atoms with van der Waals surface area (Å²) in [4.78, 5) is 14.3. The summed E-state index contributed by atoms with van der Waals surface area (Å²) in [7, 11) is 0. The van der Waals surface area contributed by atoms with Crippen molar-refractivity contribution >= 4 is 5.91 Å². The Kier molecular flexibility index (Phi) is 3.98. The van der Waals surface area contributed by atoms with Crippen LogP contribution >= 0.6 is 0 Å². The number of aryl methyl sites for hydroxylation is 1. The minimum absolute atomic E-state index is 0.0239. The second kappa shape index (κ2) is 6.07. The van der Waals surface area contributed by atoms with Crippen LogP contribution in [0.2, 0.25) is 0 Å². The van der Waals surface area contributed by atoms with Gasteiger partial charge in [0.15, 0.2) is 0 Å². The highest BCUT2D eigenvalue weighted by molar-refractivity contribution is 5.92. The number of amides is 1. The van der Waals surface area contributed by atoms with Crippen molar-refractivity contribution in [1.82, 2.24) is 29.9 Å². The summed E-state index contributed by atoms with van der Waals surface area (Å²) >= 11 is 0. The van der Waals surface area contributed by atoms with Gasteiger partial charge in [-0.2, -0.15) is 5.10 Å². The van der Waals surface area contributed by atoms with E-state index in [4.69, 9.17) is 0 Å². The van der Waals surface area contributed by atoms with Crippen LogP contribution in [0.1, 0.15) is 48.4 Å². The number of piperidine rings is 1. The van der Waals surface area contributed by atoms with Gasteiger partial charge in [0.05, 0.1) is 0 Å². The van der Waals surface area contributed by atoms with E-state index in [1.165, 1.54) is 0 Å². The van der Waals surface area contributed by atoms with E-state index in [-0.39, 0.29) is 5.91 Å². The fraction of sp³-hybridized carbons (Fsp3) is 0.571. The van der Waals surface area contributed by atoms with Crippen LogP contribution in [0.3, 0.4) is 0 Å². The van der Waals surface area contributed by atoms with Crippen LogP contribution in [0, 0.1) is 0 Å². The topological polar surface area (TPSA) is 79.7 Å². The molecule has 0 bridgehead atoms. The minimum atomic E-state index is 0.0239. The van der Waals surface area contributed by atoms with Gasteiger partial charge in [-0.15, -0.1) is 10.2 Å². The zero-order valence-corrected chi connectivity index (χ0v) is 12.2. The number of aromatic nitrogens is 5. The quantitative estimate of drug-likeness (QED) is 0.923. The Morgan fingerprint density at radius 3 is 2.71 bits per heavy atom. The Hall–Kier alpha value is -2.18.